The van der Waals surface area contributed by atoms with E-state index in [1.807, 2.05) is 36.7 Å². The molecule has 2 aliphatic carbocycles. The highest BCUT2D eigenvalue weighted by molar-refractivity contribution is 7.18. The first-order valence-electron chi connectivity index (χ1n) is 15.2. The molecule has 6 nitrogen and oxygen atoms in total. The number of carbonyl (C=O) groups excluding carboxylic acids is 4. The van der Waals surface area contributed by atoms with E-state index < -0.39 is 11.9 Å². The molecule has 45 heavy (non-hydrogen) atoms. The monoisotopic (exact) mass is 684 g/mol. The van der Waals surface area contributed by atoms with Gasteiger partial charge >= 0.3 is 11.9 Å². The summed E-state index contributed by atoms with van der Waals surface area (Å²) in [6, 6.07) is 3.70. The predicted molar refractivity (Wildman–Crippen MR) is 181 cm³/mol. The fourth-order valence-corrected chi connectivity index (χ4v) is 10.0. The molecular weight excluding hydrogens is 651 g/mol. The second-order valence-corrected chi connectivity index (χ2v) is 14.6. The van der Waals surface area contributed by atoms with E-state index >= 15 is 0 Å². The van der Waals surface area contributed by atoms with Crippen molar-refractivity contribution in [2.24, 2.45) is 0 Å². The summed E-state index contributed by atoms with van der Waals surface area (Å²) in [5.41, 5.74) is 6.07. The molecule has 0 spiro atoms. The number of benzene rings is 2. The summed E-state index contributed by atoms with van der Waals surface area (Å²) in [6.07, 6.45) is 2.14. The van der Waals surface area contributed by atoms with Crippen LogP contribution in [-0.2, 0) is 19.2 Å². The molecule has 0 saturated heterocycles. The minimum Gasteiger partial charge on any atom is -0.425 e. The van der Waals surface area contributed by atoms with Crippen LogP contribution in [0.15, 0.2) is 22.9 Å². The molecule has 0 bridgehead atoms. The topological polar surface area (TPSA) is 86.7 Å². The van der Waals surface area contributed by atoms with Crippen molar-refractivity contribution in [1.82, 2.24) is 0 Å². The van der Waals surface area contributed by atoms with Crippen LogP contribution < -0.4 is 9.47 Å². The Kier molecular flexibility index (Phi) is 9.14. The summed E-state index contributed by atoms with van der Waals surface area (Å²) in [5.74, 6) is 0.359. The van der Waals surface area contributed by atoms with Gasteiger partial charge in [-0.15, -0.1) is 45.9 Å². The van der Waals surface area contributed by atoms with Gasteiger partial charge in [0.1, 0.15) is 23.1 Å². The van der Waals surface area contributed by atoms with E-state index in [1.165, 1.54) is 36.5 Å². The van der Waals surface area contributed by atoms with Gasteiger partial charge in [0, 0.05) is 61.1 Å². The molecule has 10 heteroatoms. The standard InChI is InChI=1S/C35H34Cl2O6S2/c1-16-14-44-34-28(42-18(3)38)10-24-22(8-20(12-36)32(24)30(16)34)26(40)6-5-7-27(41)23-9-21(13-37)33-25(23)11-29(43-19(4)39)35-31(33)17(2)15-45-35/h10-11,14-15,20-23H,5-9,12-13H2,1-4H3/t20-,21-,22?,23?/m0/s1. The van der Waals surface area contributed by atoms with Crippen molar-refractivity contribution >= 4 is 89.6 Å². The third-order valence-electron chi connectivity index (χ3n) is 9.24. The number of ketones is 2. The normalized spacial score (nSPS) is 20.4. The van der Waals surface area contributed by atoms with Crippen LogP contribution >= 0.6 is 45.9 Å². The van der Waals surface area contributed by atoms with Crippen molar-refractivity contribution in [3.8, 4) is 11.5 Å². The number of carbonyl (C=O) groups is 4. The average molecular weight is 686 g/mol. The quantitative estimate of drug-likeness (QED) is 0.0940. The van der Waals surface area contributed by atoms with Crippen LogP contribution in [0.2, 0.25) is 0 Å². The molecule has 4 aromatic rings. The maximum atomic E-state index is 13.7. The first-order chi connectivity index (χ1) is 21.5. The van der Waals surface area contributed by atoms with Gasteiger partial charge in [-0.25, -0.2) is 0 Å². The molecular formula is C35H34Cl2O6S2. The zero-order valence-corrected chi connectivity index (χ0v) is 28.7. The Morgan fingerprint density at radius 1 is 0.733 bits per heavy atom. The fraction of sp³-hybridized carbons (Fsp3) is 0.429. The Bertz CT molecular complexity index is 1740. The van der Waals surface area contributed by atoms with Crippen LogP contribution in [0.1, 0.15) is 103 Å². The second kappa shape index (κ2) is 12.8. The molecule has 4 atom stereocenters. The van der Waals surface area contributed by atoms with Gasteiger partial charge in [0.2, 0.25) is 0 Å². The molecule has 236 valence electrons. The molecule has 0 radical (unpaired) electrons. The first-order valence-corrected chi connectivity index (χ1v) is 18.0. The zero-order valence-electron chi connectivity index (χ0n) is 25.6. The van der Waals surface area contributed by atoms with E-state index in [9.17, 15) is 19.2 Å². The molecule has 2 aromatic heterocycles. The predicted octanol–water partition coefficient (Wildman–Crippen LogP) is 9.21. The SMILES string of the molecule is CC(=O)Oc1cc2c(c3c(C)csc13)[C@H](CCl)CC2C(=O)CCCC(=O)C1C[C@@H](CCl)c2c1cc(OC(C)=O)c1scc(C)c21. The van der Waals surface area contributed by atoms with Crippen molar-refractivity contribution in [3.05, 3.63) is 56.3 Å². The Morgan fingerprint density at radius 3 is 1.49 bits per heavy atom. The van der Waals surface area contributed by atoms with Crippen molar-refractivity contribution < 1.29 is 28.7 Å². The highest BCUT2D eigenvalue weighted by atomic mass is 35.5. The van der Waals surface area contributed by atoms with Gasteiger partial charge in [-0.3, -0.25) is 19.2 Å². The van der Waals surface area contributed by atoms with Gasteiger partial charge in [0.25, 0.3) is 0 Å². The van der Waals surface area contributed by atoms with Crippen molar-refractivity contribution in [3.63, 3.8) is 0 Å². The van der Waals surface area contributed by atoms with Crippen LogP contribution in [0, 0.1) is 13.8 Å². The number of fused-ring (bicyclic) bond motifs is 6. The van der Waals surface area contributed by atoms with Gasteiger partial charge in [-0.1, -0.05) is 0 Å². The second-order valence-electron chi connectivity index (χ2n) is 12.3. The molecule has 2 heterocycles. The van der Waals surface area contributed by atoms with Crippen LogP contribution in [-0.4, -0.2) is 35.3 Å². The number of hydrogen-bond donors (Lipinski definition) is 0. The van der Waals surface area contributed by atoms with Crippen LogP contribution in [0.5, 0.6) is 11.5 Å². The zero-order chi connectivity index (χ0) is 32.2. The van der Waals surface area contributed by atoms with Crippen LogP contribution in [0.25, 0.3) is 20.2 Å². The molecule has 2 unspecified atom stereocenters. The van der Waals surface area contributed by atoms with Crippen LogP contribution in [0.3, 0.4) is 0 Å². The Labute approximate surface area is 280 Å². The molecule has 2 aliphatic rings. The number of Topliss-reactive ketones (excluding diaryl/α,β-unsaturated/α-hetero) is 2. The highest BCUT2D eigenvalue weighted by Crippen LogP contribution is 2.53. The van der Waals surface area contributed by atoms with E-state index in [0.29, 0.717) is 42.5 Å². The minimum absolute atomic E-state index is 0.0192. The van der Waals surface area contributed by atoms with Gasteiger partial charge in [0.05, 0.1) is 9.40 Å². The molecule has 0 fully saturated rings. The number of alkyl halides is 2. The number of ether oxygens (including phenoxy) is 2. The number of hydrogen-bond acceptors (Lipinski definition) is 8. The van der Waals surface area contributed by atoms with Gasteiger partial charge in [0.15, 0.2) is 0 Å². The van der Waals surface area contributed by atoms with Crippen molar-refractivity contribution in [2.45, 2.75) is 83.5 Å². The summed E-state index contributed by atoms with van der Waals surface area (Å²) >= 11 is 15.9. The van der Waals surface area contributed by atoms with E-state index in [1.54, 1.807) is 0 Å². The number of halogens is 2. The van der Waals surface area contributed by atoms with Gasteiger partial charge in [-0.2, -0.15) is 0 Å². The summed E-state index contributed by atoms with van der Waals surface area (Å²) < 4.78 is 13.0. The maximum Gasteiger partial charge on any atom is 0.308 e. The van der Waals surface area contributed by atoms with E-state index in [4.69, 9.17) is 32.7 Å². The Morgan fingerprint density at radius 2 is 1.13 bits per heavy atom. The lowest BCUT2D eigenvalue weighted by Crippen LogP contribution is -2.14. The summed E-state index contributed by atoms with van der Waals surface area (Å²) in [5, 5.41) is 6.14. The summed E-state index contributed by atoms with van der Waals surface area (Å²) in [7, 11) is 0. The Hall–Kier alpha value is -2.78. The molecule has 2 aromatic carbocycles. The average Bonchev–Trinajstić information content (AvgIpc) is 3.75. The van der Waals surface area contributed by atoms with Crippen molar-refractivity contribution in [2.75, 3.05) is 11.8 Å². The largest absolute Gasteiger partial charge is 0.425 e. The number of thiophene rings is 2. The van der Waals surface area contributed by atoms with E-state index in [2.05, 4.69) is 0 Å². The third-order valence-corrected chi connectivity index (χ3v) is 12.2. The molecule has 0 aliphatic heterocycles. The smallest absolute Gasteiger partial charge is 0.308 e. The minimum atomic E-state index is -0.407. The Balaban J connectivity index is 1.23. The maximum absolute atomic E-state index is 13.7. The molecule has 0 N–H and O–H groups in total. The number of aryl methyl sites for hydroxylation is 2. The lowest BCUT2D eigenvalue weighted by molar-refractivity contribution is -0.132. The molecule has 6 rings (SSSR count). The van der Waals surface area contributed by atoms with Crippen molar-refractivity contribution in [1.29, 1.82) is 0 Å². The van der Waals surface area contributed by atoms with Gasteiger partial charge < -0.3 is 9.47 Å². The first kappa shape index (κ1) is 32.2. The summed E-state index contributed by atoms with van der Waals surface area (Å²) in [6.45, 7) is 6.80. The number of rotatable bonds is 10. The van der Waals surface area contributed by atoms with Gasteiger partial charge in [-0.05, 0) is 101 Å². The van der Waals surface area contributed by atoms with E-state index in [-0.39, 0.29) is 48.1 Å². The molecule has 0 amide bonds. The summed E-state index contributed by atoms with van der Waals surface area (Å²) in [4.78, 5) is 51.3. The van der Waals surface area contributed by atoms with Crippen LogP contribution in [0.4, 0.5) is 0 Å². The highest BCUT2D eigenvalue weighted by Gasteiger charge is 2.40. The lowest BCUT2D eigenvalue weighted by atomic mass is 9.89. The lowest BCUT2D eigenvalue weighted by Gasteiger charge is -2.15. The fourth-order valence-electron chi connectivity index (χ4n) is 7.43. The molecule has 0 saturated carbocycles. The number of esters is 2. The third kappa shape index (κ3) is 5.73. The van der Waals surface area contributed by atoms with E-state index in [0.717, 1.165) is 53.6 Å².